The van der Waals surface area contributed by atoms with Crippen LogP contribution in [-0.4, -0.2) is 106 Å². The van der Waals surface area contributed by atoms with E-state index in [0.717, 1.165) is 11.1 Å². The lowest BCUT2D eigenvalue weighted by Gasteiger charge is -2.24. The maximum Gasteiger partial charge on any atom is 0.419 e. The number of hydrogen-bond donors (Lipinski definition) is 2. The largest absolute Gasteiger partial charge is 0.497 e. The van der Waals surface area contributed by atoms with Crippen LogP contribution >= 0.6 is 0 Å². The van der Waals surface area contributed by atoms with Gasteiger partial charge in [0, 0.05) is 36.5 Å². The summed E-state index contributed by atoms with van der Waals surface area (Å²) < 4.78 is 69.4. The lowest BCUT2D eigenvalue weighted by molar-refractivity contribution is -0.177. The molecule has 0 saturated heterocycles. The van der Waals surface area contributed by atoms with Crippen LogP contribution in [0.15, 0.2) is 84.9 Å². The van der Waals surface area contributed by atoms with Gasteiger partial charge < -0.3 is 56.8 Å². The lowest BCUT2D eigenvalue weighted by atomic mass is 10.0. The molecule has 0 heterocycles. The van der Waals surface area contributed by atoms with E-state index in [9.17, 15) is 9.59 Å². The molecule has 0 saturated carbocycles. The van der Waals surface area contributed by atoms with E-state index in [0.29, 0.717) is 111 Å². The number of ether oxygens (including phenoxy) is 12. The summed E-state index contributed by atoms with van der Waals surface area (Å²) >= 11 is 0. The van der Waals surface area contributed by atoms with Crippen LogP contribution in [0.4, 0.5) is 0 Å². The molecule has 2 N–H and O–H groups in total. The second-order valence-electron chi connectivity index (χ2n) is 14.5. The Morgan fingerprint density at radius 2 is 0.848 bits per heavy atom. The first-order valence-electron chi connectivity index (χ1n) is 22.5. The highest BCUT2D eigenvalue weighted by molar-refractivity contribution is 6.29. The van der Waals surface area contributed by atoms with Crippen LogP contribution < -0.4 is 48.5 Å². The third kappa shape index (κ3) is 16.8. The summed E-state index contributed by atoms with van der Waals surface area (Å²) in [7, 11) is 6.40. The highest BCUT2D eigenvalue weighted by atomic mass is 16.6. The van der Waals surface area contributed by atoms with Crippen molar-refractivity contribution in [2.24, 2.45) is 0 Å². The van der Waals surface area contributed by atoms with Gasteiger partial charge in [-0.2, -0.15) is 0 Å². The molecular weight excluding hydrogens is 853 g/mol. The molecule has 0 amide bonds. The number of rotatable bonds is 32. The quantitative estimate of drug-likeness (QED) is 0.0209. The third-order valence-electron chi connectivity index (χ3n) is 10.1. The minimum absolute atomic E-state index is 0.150. The highest BCUT2D eigenvalue weighted by Gasteiger charge is 2.28. The number of carbonyl (C=O) groups excluding carboxylic acids is 2. The van der Waals surface area contributed by atoms with E-state index < -0.39 is 24.4 Å². The van der Waals surface area contributed by atoms with Crippen LogP contribution in [0.25, 0.3) is 0 Å². The molecule has 0 aliphatic carbocycles. The molecule has 4 aromatic rings. The molecule has 4 aromatic carbocycles. The number of esters is 2. The van der Waals surface area contributed by atoms with E-state index >= 15 is 0 Å². The van der Waals surface area contributed by atoms with E-state index in [4.69, 9.17) is 56.8 Å². The van der Waals surface area contributed by atoms with Crippen molar-refractivity contribution < 1.29 is 66.4 Å². The van der Waals surface area contributed by atoms with Gasteiger partial charge in [-0.05, 0) is 115 Å². The van der Waals surface area contributed by atoms with Crippen molar-refractivity contribution in [3.05, 3.63) is 96.1 Å². The standard InChI is InChI=1S/C50H68N2O14/c1-9-59-39(37-27-25-35(55-5)31-45(37)57-7)23-17-29-51-47(33-63-43-21-15-13-19-41(43)61-11-3)65-49(53)50(54)66-48(34-64-44-22-16-14-20-42(44)62-12-4)52-30-18-24-40(60-10-2)38-28-26-36(56-6)32-46(38)58-8/h13-16,19-22,25-28,31-32,39-40,47-48,51-52H,9-12,17-18,23-24,29-30,33-34H2,1-8H3. The fraction of sp³-hybridized carbons (Fsp3) is 0.480. The summed E-state index contributed by atoms with van der Waals surface area (Å²) in [5.41, 5.74) is 1.75. The Balaban J connectivity index is 1.47. The van der Waals surface area contributed by atoms with E-state index in [1.165, 1.54) is 0 Å². The zero-order valence-corrected chi connectivity index (χ0v) is 39.6. The molecule has 362 valence electrons. The van der Waals surface area contributed by atoms with Gasteiger partial charge in [0.25, 0.3) is 0 Å². The number of benzene rings is 4. The fourth-order valence-electron chi connectivity index (χ4n) is 6.97. The number of hydrogen-bond acceptors (Lipinski definition) is 16. The zero-order valence-electron chi connectivity index (χ0n) is 39.6. The molecule has 66 heavy (non-hydrogen) atoms. The number of carbonyl (C=O) groups is 2. The monoisotopic (exact) mass is 920 g/mol. The van der Waals surface area contributed by atoms with Gasteiger partial charge >= 0.3 is 11.9 Å². The van der Waals surface area contributed by atoms with Gasteiger partial charge in [-0.1, -0.05) is 24.3 Å². The van der Waals surface area contributed by atoms with Crippen LogP contribution in [0, 0.1) is 0 Å². The van der Waals surface area contributed by atoms with Crippen LogP contribution in [0.5, 0.6) is 46.0 Å². The Bertz CT molecular complexity index is 1890. The normalized spacial score (nSPS) is 12.8. The smallest absolute Gasteiger partial charge is 0.419 e. The molecule has 16 heteroatoms. The van der Waals surface area contributed by atoms with Gasteiger partial charge in [-0.3, -0.25) is 10.6 Å². The molecule has 4 unspecified atom stereocenters. The topological polar surface area (TPSA) is 169 Å². The molecule has 4 rings (SSSR count). The Labute approximate surface area is 389 Å². The Morgan fingerprint density at radius 3 is 1.18 bits per heavy atom. The van der Waals surface area contributed by atoms with Crippen molar-refractivity contribution in [3.8, 4) is 46.0 Å². The highest BCUT2D eigenvalue weighted by Crippen LogP contribution is 2.35. The maximum absolute atomic E-state index is 13.6. The molecule has 0 fully saturated rings. The van der Waals surface area contributed by atoms with Crippen LogP contribution in [-0.2, 0) is 28.5 Å². The van der Waals surface area contributed by atoms with E-state index in [2.05, 4.69) is 10.6 Å². The Morgan fingerprint density at radius 1 is 0.470 bits per heavy atom. The predicted octanol–water partition coefficient (Wildman–Crippen LogP) is 8.01. The van der Waals surface area contributed by atoms with Gasteiger partial charge in [0.15, 0.2) is 35.5 Å². The average Bonchev–Trinajstić information content (AvgIpc) is 3.34. The van der Waals surface area contributed by atoms with Gasteiger partial charge in [0.1, 0.15) is 36.2 Å². The molecule has 4 atom stereocenters. The summed E-state index contributed by atoms with van der Waals surface area (Å²) in [6.45, 7) is 9.84. The second-order valence-corrected chi connectivity index (χ2v) is 14.5. The van der Waals surface area contributed by atoms with Crippen molar-refractivity contribution in [2.45, 2.75) is 78.0 Å². The molecule has 16 nitrogen and oxygen atoms in total. The first-order valence-corrected chi connectivity index (χ1v) is 22.5. The number of methoxy groups -OCH3 is 4. The van der Waals surface area contributed by atoms with Gasteiger partial charge in [0.05, 0.1) is 53.9 Å². The van der Waals surface area contributed by atoms with Crippen molar-refractivity contribution in [1.82, 2.24) is 10.6 Å². The average molecular weight is 921 g/mol. The molecule has 0 aliphatic heterocycles. The zero-order chi connectivity index (χ0) is 47.5. The van der Waals surface area contributed by atoms with Gasteiger partial charge in [0.2, 0.25) is 0 Å². The molecule has 0 aliphatic rings. The van der Waals surface area contributed by atoms with Crippen molar-refractivity contribution in [1.29, 1.82) is 0 Å². The predicted molar refractivity (Wildman–Crippen MR) is 248 cm³/mol. The SMILES string of the molecule is CCOc1ccccc1OCC(NCCCC(OCC)c1ccc(OC)cc1OC)OC(=O)C(=O)OC(COc1ccccc1OCC)NCCCC(OCC)c1ccc(OC)cc1OC. The summed E-state index contributed by atoms with van der Waals surface area (Å²) in [5, 5.41) is 6.45. The summed E-state index contributed by atoms with van der Waals surface area (Å²) in [6.07, 6.45) is -0.321. The van der Waals surface area contributed by atoms with E-state index in [1.54, 1.807) is 64.8 Å². The fourth-order valence-corrected chi connectivity index (χ4v) is 6.97. The molecule has 0 radical (unpaired) electrons. The minimum Gasteiger partial charge on any atom is -0.497 e. The van der Waals surface area contributed by atoms with Crippen LogP contribution in [0.2, 0.25) is 0 Å². The van der Waals surface area contributed by atoms with Crippen molar-refractivity contribution >= 4 is 11.9 Å². The van der Waals surface area contributed by atoms with Crippen molar-refractivity contribution in [3.63, 3.8) is 0 Å². The van der Waals surface area contributed by atoms with Crippen LogP contribution in [0.1, 0.15) is 76.7 Å². The first-order chi connectivity index (χ1) is 32.2. The van der Waals surface area contributed by atoms with Gasteiger partial charge in [-0.15, -0.1) is 0 Å². The van der Waals surface area contributed by atoms with Crippen molar-refractivity contribution in [2.75, 3.05) is 81.2 Å². The van der Waals surface area contributed by atoms with E-state index in [1.807, 2.05) is 76.2 Å². The summed E-state index contributed by atoms with van der Waals surface area (Å²) in [4.78, 5) is 27.2. The third-order valence-corrected chi connectivity index (χ3v) is 10.1. The Kier molecular flexibility index (Phi) is 23.6. The summed E-state index contributed by atoms with van der Waals surface area (Å²) in [6, 6.07) is 25.5. The molecular formula is C50H68N2O14. The number of para-hydroxylation sites is 4. The minimum atomic E-state index is -1.23. The van der Waals surface area contributed by atoms with Crippen LogP contribution in [0.3, 0.4) is 0 Å². The number of nitrogens with one attached hydrogen (secondary N) is 2. The summed E-state index contributed by atoms with van der Waals surface area (Å²) in [5.74, 6) is 2.10. The second kappa shape index (κ2) is 29.6. The lowest BCUT2D eigenvalue weighted by Crippen LogP contribution is -2.44. The molecule has 0 aromatic heterocycles. The van der Waals surface area contributed by atoms with Gasteiger partial charge in [-0.25, -0.2) is 9.59 Å². The molecule has 0 bridgehead atoms. The molecule has 0 spiro atoms. The first kappa shape index (κ1) is 52.7. The maximum atomic E-state index is 13.6. The van der Waals surface area contributed by atoms with E-state index in [-0.39, 0.29) is 25.4 Å². The Hall–Kier alpha value is -5.94.